The van der Waals surface area contributed by atoms with E-state index < -0.39 is 36.2 Å². The van der Waals surface area contributed by atoms with Gasteiger partial charge in [-0.1, -0.05) is 13.2 Å². The normalized spacial score (nSPS) is 14.8. The molecule has 0 amide bonds. The van der Waals surface area contributed by atoms with Crippen molar-refractivity contribution in [2.24, 2.45) is 0 Å². The first-order chi connectivity index (χ1) is 26.6. The monoisotopic (exact) mass is 756 g/mol. The van der Waals surface area contributed by atoms with Crippen LogP contribution in [0.1, 0.15) is 88.6 Å². The molecule has 2 unspecified atom stereocenters. The maximum Gasteiger partial charge on any atom is 0.513 e. The second-order valence-corrected chi connectivity index (χ2v) is 12.5. The maximum atomic E-state index is 13.2. The summed E-state index contributed by atoms with van der Waals surface area (Å²) in [6.07, 6.45) is 4.93. The fourth-order valence-corrected chi connectivity index (χ4v) is 6.19. The highest BCUT2D eigenvalue weighted by Crippen LogP contribution is 2.58. The summed E-state index contributed by atoms with van der Waals surface area (Å²) in [6, 6.07) is 14.9. The summed E-state index contributed by atoms with van der Waals surface area (Å²) in [5.41, 5.74) is 2.14. The third kappa shape index (κ3) is 11.3. The first kappa shape index (κ1) is 39.8. The topological polar surface area (TPSA) is 176 Å². The van der Waals surface area contributed by atoms with Gasteiger partial charge in [-0.3, -0.25) is 0 Å². The molecule has 0 radical (unpaired) electrons. The molecule has 2 bridgehead atoms. The molecule has 0 N–H and O–H groups in total. The molecule has 5 rings (SSSR count). The molecule has 1 fully saturated rings. The number of benzene rings is 3. The van der Waals surface area contributed by atoms with Crippen LogP contribution in [0.5, 0.6) is 23.0 Å². The first-order valence-corrected chi connectivity index (χ1v) is 17.7. The fourth-order valence-electron chi connectivity index (χ4n) is 6.19. The summed E-state index contributed by atoms with van der Waals surface area (Å²) in [5.74, 6) is -0.846. The highest BCUT2D eigenvalue weighted by atomic mass is 16.7. The molecule has 0 aliphatic heterocycles. The van der Waals surface area contributed by atoms with E-state index in [1.807, 2.05) is 0 Å². The molecular formula is C41H40O14. The number of rotatable bonds is 18. The van der Waals surface area contributed by atoms with E-state index in [0.29, 0.717) is 37.2 Å². The van der Waals surface area contributed by atoms with Gasteiger partial charge in [0.05, 0.1) is 37.6 Å². The van der Waals surface area contributed by atoms with Crippen molar-refractivity contribution in [3.8, 4) is 23.0 Å². The Balaban J connectivity index is 1.11. The van der Waals surface area contributed by atoms with Gasteiger partial charge < -0.3 is 37.9 Å². The summed E-state index contributed by atoms with van der Waals surface area (Å²) in [5, 5.41) is 0. The number of esters is 4. The predicted molar refractivity (Wildman–Crippen MR) is 193 cm³/mol. The summed E-state index contributed by atoms with van der Waals surface area (Å²) >= 11 is 0. The van der Waals surface area contributed by atoms with Gasteiger partial charge in [0.25, 0.3) is 0 Å². The molecule has 1 saturated carbocycles. The zero-order valence-corrected chi connectivity index (χ0v) is 30.0. The lowest BCUT2D eigenvalue weighted by molar-refractivity contribution is -0.138. The van der Waals surface area contributed by atoms with Gasteiger partial charge in [0, 0.05) is 23.3 Å². The Morgan fingerprint density at radius 1 is 0.509 bits per heavy atom. The van der Waals surface area contributed by atoms with Crippen LogP contribution >= 0.6 is 0 Å². The van der Waals surface area contributed by atoms with Crippen LogP contribution in [-0.4, -0.2) is 62.6 Å². The average Bonchev–Trinajstić information content (AvgIpc) is 3.82. The zero-order chi connectivity index (χ0) is 39.2. The van der Waals surface area contributed by atoms with Gasteiger partial charge >= 0.3 is 36.2 Å². The van der Waals surface area contributed by atoms with Crippen molar-refractivity contribution in [3.05, 3.63) is 108 Å². The standard InChI is InChI=1S/C41H40O14/c1-3-34(42)48-21-5-7-23-50-40(46)52-30-15-11-26(12-16-30)38(44)54-32-19-20-33(37-29-10-9-28(25-29)36(32)37)55-39(45)27-13-17-31(18-14-27)53-41(47)51-24-8-6-22-49-35(43)4-2/h3-4,11-20,28-29H,1-2,5-10,21-25H2. The third-order valence-electron chi connectivity index (χ3n) is 8.78. The van der Waals surface area contributed by atoms with E-state index in [-0.39, 0.29) is 60.9 Å². The van der Waals surface area contributed by atoms with Gasteiger partial charge in [0.15, 0.2) is 0 Å². The van der Waals surface area contributed by atoms with Crippen LogP contribution in [0.2, 0.25) is 0 Å². The Bertz CT molecular complexity index is 1760. The van der Waals surface area contributed by atoms with Crippen molar-refractivity contribution in [2.75, 3.05) is 26.4 Å². The van der Waals surface area contributed by atoms with Crippen LogP contribution in [0.3, 0.4) is 0 Å². The van der Waals surface area contributed by atoms with Gasteiger partial charge in [-0.15, -0.1) is 0 Å². The number of ether oxygens (including phenoxy) is 8. The van der Waals surface area contributed by atoms with Crippen molar-refractivity contribution in [2.45, 2.75) is 56.8 Å². The third-order valence-corrected chi connectivity index (χ3v) is 8.78. The minimum atomic E-state index is -0.913. The number of unbranched alkanes of at least 4 members (excludes halogenated alkanes) is 2. The van der Waals surface area contributed by atoms with Crippen molar-refractivity contribution >= 4 is 36.2 Å². The highest BCUT2D eigenvalue weighted by Gasteiger charge is 2.42. The Morgan fingerprint density at radius 2 is 0.873 bits per heavy atom. The van der Waals surface area contributed by atoms with Crippen LogP contribution in [0.25, 0.3) is 0 Å². The van der Waals surface area contributed by atoms with E-state index in [1.165, 1.54) is 48.5 Å². The van der Waals surface area contributed by atoms with E-state index in [1.54, 1.807) is 12.1 Å². The molecule has 3 aromatic carbocycles. The first-order valence-electron chi connectivity index (χ1n) is 17.7. The lowest BCUT2D eigenvalue weighted by atomic mass is 9.90. The summed E-state index contributed by atoms with van der Waals surface area (Å²) in [4.78, 5) is 72.5. The largest absolute Gasteiger partial charge is 0.513 e. The minimum absolute atomic E-state index is 0.0733. The van der Waals surface area contributed by atoms with E-state index in [2.05, 4.69) is 13.2 Å². The lowest BCUT2D eigenvalue weighted by Crippen LogP contribution is -2.15. The lowest BCUT2D eigenvalue weighted by Gasteiger charge is -2.21. The SMILES string of the molecule is C=CC(=O)OCCCCOC(=O)Oc1ccc(C(=O)Oc2ccc(OC(=O)c3ccc(OC(=O)OCCCCOC(=O)C=C)cc3)c3c2C2CCC3C2)cc1. The molecular weight excluding hydrogens is 716 g/mol. The molecule has 0 heterocycles. The Kier molecular flexibility index (Phi) is 14.2. The smallest absolute Gasteiger partial charge is 0.463 e. The molecule has 0 saturated heterocycles. The number of carbonyl (C=O) groups is 6. The fraction of sp³-hybridized carbons (Fsp3) is 0.317. The van der Waals surface area contributed by atoms with Gasteiger partial charge in [-0.05, 0) is 117 Å². The molecule has 55 heavy (non-hydrogen) atoms. The van der Waals surface area contributed by atoms with E-state index in [9.17, 15) is 28.8 Å². The van der Waals surface area contributed by atoms with Gasteiger partial charge in [0.1, 0.15) is 23.0 Å². The van der Waals surface area contributed by atoms with Crippen molar-refractivity contribution in [3.63, 3.8) is 0 Å². The number of hydrogen-bond donors (Lipinski definition) is 0. The Hall–Kier alpha value is -6.44. The van der Waals surface area contributed by atoms with Crippen LogP contribution in [0.15, 0.2) is 86.0 Å². The van der Waals surface area contributed by atoms with Gasteiger partial charge in [0.2, 0.25) is 0 Å². The van der Waals surface area contributed by atoms with Crippen LogP contribution < -0.4 is 18.9 Å². The quantitative estimate of drug-likeness (QED) is 0.0311. The van der Waals surface area contributed by atoms with Crippen molar-refractivity contribution in [1.29, 1.82) is 0 Å². The molecule has 14 heteroatoms. The number of fused-ring (bicyclic) bond motifs is 5. The predicted octanol–water partition coefficient (Wildman–Crippen LogP) is 7.54. The zero-order valence-electron chi connectivity index (χ0n) is 30.0. The maximum absolute atomic E-state index is 13.2. The summed E-state index contributed by atoms with van der Waals surface area (Å²) < 4.78 is 41.8. The summed E-state index contributed by atoms with van der Waals surface area (Å²) in [7, 11) is 0. The minimum Gasteiger partial charge on any atom is -0.463 e. The summed E-state index contributed by atoms with van der Waals surface area (Å²) in [6.45, 7) is 7.13. The van der Waals surface area contributed by atoms with E-state index in [0.717, 1.165) is 42.5 Å². The second-order valence-electron chi connectivity index (χ2n) is 12.5. The molecule has 2 atom stereocenters. The van der Waals surface area contributed by atoms with E-state index in [4.69, 9.17) is 37.9 Å². The molecule has 0 aromatic heterocycles. The second kappa shape index (κ2) is 19.6. The molecule has 0 spiro atoms. The molecule has 288 valence electrons. The van der Waals surface area contributed by atoms with Gasteiger partial charge in [-0.2, -0.15) is 0 Å². The Morgan fingerprint density at radius 3 is 1.24 bits per heavy atom. The Labute approximate surface area is 316 Å². The number of hydrogen-bond acceptors (Lipinski definition) is 14. The molecule has 2 aliphatic rings. The van der Waals surface area contributed by atoms with E-state index >= 15 is 0 Å². The average molecular weight is 757 g/mol. The molecule has 14 nitrogen and oxygen atoms in total. The van der Waals surface area contributed by atoms with Crippen molar-refractivity contribution in [1.82, 2.24) is 0 Å². The van der Waals surface area contributed by atoms with Crippen LogP contribution in [0, 0.1) is 0 Å². The van der Waals surface area contributed by atoms with Crippen LogP contribution in [-0.2, 0) is 28.5 Å². The van der Waals surface area contributed by atoms with Crippen molar-refractivity contribution < 1.29 is 66.7 Å². The highest BCUT2D eigenvalue weighted by molar-refractivity contribution is 5.93. The number of carbonyl (C=O) groups excluding carboxylic acids is 6. The molecule has 3 aromatic rings. The van der Waals surface area contributed by atoms with Gasteiger partial charge in [-0.25, -0.2) is 28.8 Å². The van der Waals surface area contributed by atoms with Crippen LogP contribution in [0.4, 0.5) is 9.59 Å². The molecule has 2 aliphatic carbocycles.